The van der Waals surface area contributed by atoms with Gasteiger partial charge in [-0.05, 0) is 29.8 Å². The molecule has 1 aromatic carbocycles. The largest absolute Gasteiger partial charge is 0.469 e. The predicted octanol–water partition coefficient (Wildman–Crippen LogP) is 2.93. The van der Waals surface area contributed by atoms with Crippen LogP contribution >= 0.6 is 23.2 Å². The van der Waals surface area contributed by atoms with Crippen molar-refractivity contribution in [1.82, 2.24) is 19.4 Å². The highest BCUT2D eigenvalue weighted by molar-refractivity contribution is 6.35. The molecule has 0 bridgehead atoms. The SMILES string of the molecule is C=C/C(=C\C=C(\Cl)CCl)CN(CCC(=O)OC)C(=O)Cn1cnc2ccc(N3CCN(C(C)=O)CC3)cc2c1=O. The van der Waals surface area contributed by atoms with E-state index in [9.17, 15) is 19.2 Å². The van der Waals surface area contributed by atoms with E-state index in [2.05, 4.69) is 16.5 Å². The summed E-state index contributed by atoms with van der Waals surface area (Å²) in [5.74, 6) is -0.666. The lowest BCUT2D eigenvalue weighted by Gasteiger charge is -2.35. The summed E-state index contributed by atoms with van der Waals surface area (Å²) in [4.78, 5) is 60.0. The smallest absolute Gasteiger partial charge is 0.307 e. The summed E-state index contributed by atoms with van der Waals surface area (Å²) < 4.78 is 5.99. The number of nitrogens with zero attached hydrogens (tertiary/aromatic N) is 5. The number of methoxy groups -OCH3 is 1. The number of fused-ring (bicyclic) bond motifs is 1. The van der Waals surface area contributed by atoms with Gasteiger partial charge >= 0.3 is 5.97 Å². The van der Waals surface area contributed by atoms with Crippen LogP contribution < -0.4 is 10.5 Å². The van der Waals surface area contributed by atoms with Crippen LogP contribution in [0.5, 0.6) is 0 Å². The summed E-state index contributed by atoms with van der Waals surface area (Å²) in [7, 11) is 1.28. The van der Waals surface area contributed by atoms with Gasteiger partial charge in [0.1, 0.15) is 6.54 Å². The lowest BCUT2D eigenvalue weighted by Crippen LogP contribution is -2.48. The molecule has 2 amide bonds. The normalized spacial score (nSPS) is 14.3. The first kappa shape index (κ1) is 30.9. The number of hydrogen-bond acceptors (Lipinski definition) is 7. The Kier molecular flexibility index (Phi) is 11.3. The van der Waals surface area contributed by atoms with Crippen molar-refractivity contribution in [2.24, 2.45) is 0 Å². The molecule has 1 aliphatic rings. The Hall–Kier alpha value is -3.63. The Morgan fingerprint density at radius 3 is 2.52 bits per heavy atom. The van der Waals surface area contributed by atoms with Crippen LogP contribution in [-0.2, 0) is 25.7 Å². The first-order chi connectivity index (χ1) is 19.2. The molecule has 0 spiro atoms. The van der Waals surface area contributed by atoms with E-state index in [4.69, 9.17) is 27.9 Å². The van der Waals surface area contributed by atoms with Gasteiger partial charge in [0.25, 0.3) is 5.56 Å². The summed E-state index contributed by atoms with van der Waals surface area (Å²) in [6.45, 7) is 7.80. The third kappa shape index (κ3) is 8.19. The Labute approximate surface area is 243 Å². The number of anilines is 1. The van der Waals surface area contributed by atoms with E-state index in [1.807, 2.05) is 6.07 Å². The monoisotopic (exact) mass is 589 g/mol. The van der Waals surface area contributed by atoms with E-state index < -0.39 is 5.97 Å². The van der Waals surface area contributed by atoms with Crippen LogP contribution in [0.3, 0.4) is 0 Å². The van der Waals surface area contributed by atoms with E-state index in [0.29, 0.717) is 47.7 Å². The Morgan fingerprint density at radius 2 is 1.90 bits per heavy atom. The van der Waals surface area contributed by atoms with Crippen LogP contribution in [0.2, 0.25) is 0 Å². The van der Waals surface area contributed by atoms with Crippen molar-refractivity contribution < 1.29 is 19.1 Å². The Morgan fingerprint density at radius 1 is 1.18 bits per heavy atom. The Bertz CT molecular complexity index is 1380. The van der Waals surface area contributed by atoms with Gasteiger partial charge in [-0.15, -0.1) is 11.6 Å². The topological polar surface area (TPSA) is 105 Å². The third-order valence-corrected chi connectivity index (χ3v) is 7.30. The van der Waals surface area contributed by atoms with Crippen molar-refractivity contribution >= 4 is 57.6 Å². The zero-order valence-electron chi connectivity index (χ0n) is 22.6. The number of carbonyl (C=O) groups excluding carboxylic acids is 3. The van der Waals surface area contributed by atoms with E-state index in [1.54, 1.807) is 42.2 Å². The maximum absolute atomic E-state index is 13.4. The Balaban J connectivity index is 1.84. The average molecular weight is 591 g/mol. The summed E-state index contributed by atoms with van der Waals surface area (Å²) in [6, 6.07) is 5.45. The van der Waals surface area contributed by atoms with Gasteiger partial charge in [-0.25, -0.2) is 4.98 Å². The number of amides is 2. The number of hydrogen-bond donors (Lipinski definition) is 0. The summed E-state index contributed by atoms with van der Waals surface area (Å²) in [6.07, 6.45) is 6.21. The van der Waals surface area contributed by atoms with Crippen molar-refractivity contribution in [3.05, 3.63) is 70.3 Å². The van der Waals surface area contributed by atoms with Gasteiger partial charge in [0.15, 0.2) is 0 Å². The van der Waals surface area contributed by atoms with E-state index in [1.165, 1.54) is 22.9 Å². The fourth-order valence-corrected chi connectivity index (χ4v) is 4.40. The molecule has 214 valence electrons. The van der Waals surface area contributed by atoms with Crippen molar-refractivity contribution in [2.75, 3.05) is 57.2 Å². The van der Waals surface area contributed by atoms with Crippen molar-refractivity contribution in [3.63, 3.8) is 0 Å². The molecule has 0 saturated carbocycles. The second-order valence-electron chi connectivity index (χ2n) is 9.21. The first-order valence-corrected chi connectivity index (χ1v) is 13.7. The molecule has 1 aromatic heterocycles. The second kappa shape index (κ2) is 14.7. The first-order valence-electron chi connectivity index (χ1n) is 12.7. The molecule has 0 unspecified atom stereocenters. The molecular weight excluding hydrogens is 557 g/mol. The lowest BCUT2D eigenvalue weighted by atomic mass is 10.2. The molecule has 3 rings (SSSR count). The average Bonchev–Trinajstić information content (AvgIpc) is 2.97. The number of piperazine rings is 1. The van der Waals surface area contributed by atoms with Crippen LogP contribution in [0.4, 0.5) is 5.69 Å². The molecule has 0 radical (unpaired) electrons. The number of carbonyl (C=O) groups is 3. The number of rotatable bonds is 11. The van der Waals surface area contributed by atoms with Gasteiger partial charge in [0.05, 0.1) is 36.6 Å². The highest BCUT2D eigenvalue weighted by atomic mass is 35.5. The van der Waals surface area contributed by atoms with E-state index in [0.717, 1.165) is 5.69 Å². The third-order valence-electron chi connectivity index (χ3n) is 6.61. The fraction of sp³-hybridized carbons (Fsp3) is 0.393. The second-order valence-corrected chi connectivity index (χ2v) is 9.96. The number of esters is 1. The molecule has 12 heteroatoms. The molecule has 40 heavy (non-hydrogen) atoms. The molecule has 1 aliphatic heterocycles. The number of benzene rings is 1. The minimum atomic E-state index is -0.465. The molecule has 0 atom stereocenters. The summed E-state index contributed by atoms with van der Waals surface area (Å²) in [5, 5.41) is 0.804. The standard InChI is InChI=1S/C28H33Cl2N5O5/c1-4-21(5-6-22(30)16-29)17-34(10-9-27(38)40-3)26(37)18-35-19-31-25-8-7-23(15-24(25)28(35)39)33-13-11-32(12-14-33)20(2)36/h4-8,15,19H,1,9-14,16-18H2,2-3H3/b21-5+,22-6+. The molecule has 1 saturated heterocycles. The maximum atomic E-state index is 13.4. The van der Waals surface area contributed by atoms with Crippen molar-refractivity contribution in [3.8, 4) is 0 Å². The predicted molar refractivity (Wildman–Crippen MR) is 157 cm³/mol. The maximum Gasteiger partial charge on any atom is 0.307 e. The molecule has 2 heterocycles. The van der Waals surface area contributed by atoms with E-state index in [-0.39, 0.29) is 49.3 Å². The van der Waals surface area contributed by atoms with Gasteiger partial charge in [-0.3, -0.25) is 23.7 Å². The minimum Gasteiger partial charge on any atom is -0.469 e. The summed E-state index contributed by atoms with van der Waals surface area (Å²) >= 11 is 11.7. The van der Waals surface area contributed by atoms with Gasteiger partial charge in [0, 0.05) is 56.9 Å². The quantitative estimate of drug-likeness (QED) is 0.225. The molecule has 2 aromatic rings. The minimum absolute atomic E-state index is 0.0178. The van der Waals surface area contributed by atoms with Crippen molar-refractivity contribution in [2.45, 2.75) is 19.9 Å². The van der Waals surface area contributed by atoms with Gasteiger partial charge < -0.3 is 19.4 Å². The zero-order chi connectivity index (χ0) is 29.2. The number of allylic oxidation sites excluding steroid dienone is 3. The number of ether oxygens (including phenoxy) is 1. The molecular formula is C28H33Cl2N5O5. The number of alkyl halides is 1. The number of halogens is 2. The zero-order valence-corrected chi connectivity index (χ0v) is 24.2. The van der Waals surface area contributed by atoms with Crippen LogP contribution in [-0.4, -0.2) is 89.4 Å². The molecule has 10 nitrogen and oxygen atoms in total. The van der Waals surface area contributed by atoms with Crippen molar-refractivity contribution in [1.29, 1.82) is 0 Å². The van der Waals surface area contributed by atoms with Gasteiger partial charge in [-0.2, -0.15) is 0 Å². The van der Waals surface area contributed by atoms with Gasteiger partial charge in [0.2, 0.25) is 11.8 Å². The van der Waals surface area contributed by atoms with Crippen LogP contribution in [0.15, 0.2) is 64.7 Å². The molecule has 0 aliphatic carbocycles. The molecule has 1 fully saturated rings. The van der Waals surface area contributed by atoms with Crippen LogP contribution in [0, 0.1) is 0 Å². The highest BCUT2D eigenvalue weighted by Crippen LogP contribution is 2.20. The fourth-order valence-electron chi connectivity index (χ4n) is 4.25. The van der Waals surface area contributed by atoms with Crippen LogP contribution in [0.25, 0.3) is 10.9 Å². The molecule has 0 N–H and O–H groups in total. The number of aromatic nitrogens is 2. The summed E-state index contributed by atoms with van der Waals surface area (Å²) in [5.41, 5.74) is 1.68. The van der Waals surface area contributed by atoms with Gasteiger partial charge in [-0.1, -0.05) is 30.3 Å². The van der Waals surface area contributed by atoms with Crippen LogP contribution in [0.1, 0.15) is 13.3 Å². The lowest BCUT2D eigenvalue weighted by molar-refractivity contribution is -0.141. The van der Waals surface area contributed by atoms with E-state index >= 15 is 0 Å². The highest BCUT2D eigenvalue weighted by Gasteiger charge is 2.21.